The normalized spacial score (nSPS) is 10.4. The Morgan fingerprint density at radius 3 is 2.16 bits per heavy atom. The van der Waals surface area contributed by atoms with Gasteiger partial charge in [-0.05, 0) is 62.9 Å². The molecule has 0 aliphatic rings. The number of anilines is 1. The summed E-state index contributed by atoms with van der Waals surface area (Å²) in [5.74, 6) is 0.633. The van der Waals surface area contributed by atoms with Crippen molar-refractivity contribution in [2.45, 2.75) is 40.5 Å². The average molecular weight is 339 g/mol. The van der Waals surface area contributed by atoms with E-state index in [1.54, 1.807) is 6.92 Å². The van der Waals surface area contributed by atoms with Crippen LogP contribution in [0.3, 0.4) is 0 Å². The number of hydrogen-bond acceptors (Lipinski definition) is 3. The number of ketones is 1. The van der Waals surface area contributed by atoms with E-state index in [0.29, 0.717) is 12.2 Å². The van der Waals surface area contributed by atoms with Crippen LogP contribution in [-0.4, -0.2) is 18.3 Å². The van der Waals surface area contributed by atoms with Gasteiger partial charge in [0, 0.05) is 12.1 Å². The van der Waals surface area contributed by atoms with Gasteiger partial charge in [0.2, 0.25) is 0 Å². The van der Waals surface area contributed by atoms with Crippen LogP contribution in [0.5, 0.6) is 5.75 Å². The van der Waals surface area contributed by atoms with Crippen LogP contribution < -0.4 is 10.1 Å². The summed E-state index contributed by atoms with van der Waals surface area (Å²) in [6, 6.07) is 11.6. The fraction of sp³-hybridized carbons (Fsp3) is 0.333. The molecule has 132 valence electrons. The van der Waals surface area contributed by atoms with Crippen molar-refractivity contribution >= 4 is 17.4 Å². The van der Waals surface area contributed by atoms with Gasteiger partial charge in [-0.2, -0.15) is 0 Å². The molecule has 0 spiro atoms. The van der Waals surface area contributed by atoms with Crippen molar-refractivity contribution < 1.29 is 14.3 Å². The Hall–Kier alpha value is -2.62. The minimum atomic E-state index is -0.185. The largest absolute Gasteiger partial charge is 0.484 e. The van der Waals surface area contributed by atoms with Crippen molar-refractivity contribution in [1.82, 2.24) is 0 Å². The number of amides is 1. The summed E-state index contributed by atoms with van der Waals surface area (Å²) >= 11 is 0. The molecule has 0 bridgehead atoms. The lowest BCUT2D eigenvalue weighted by molar-refractivity contribution is -0.118. The van der Waals surface area contributed by atoms with Crippen LogP contribution in [0.2, 0.25) is 0 Å². The number of carbonyl (C=O) groups is 2. The summed E-state index contributed by atoms with van der Waals surface area (Å²) in [5.41, 5.74) is 5.19. The van der Waals surface area contributed by atoms with E-state index in [1.807, 2.05) is 57.2 Å². The van der Waals surface area contributed by atoms with E-state index in [1.165, 1.54) is 5.56 Å². The van der Waals surface area contributed by atoms with Gasteiger partial charge in [-0.15, -0.1) is 0 Å². The zero-order chi connectivity index (χ0) is 18.4. The minimum absolute atomic E-state index is 0.0421. The maximum Gasteiger partial charge on any atom is 0.262 e. The van der Waals surface area contributed by atoms with E-state index >= 15 is 0 Å². The summed E-state index contributed by atoms with van der Waals surface area (Å²) in [4.78, 5) is 23.2. The molecular weight excluding hydrogens is 314 g/mol. The fourth-order valence-electron chi connectivity index (χ4n) is 2.77. The summed E-state index contributed by atoms with van der Waals surface area (Å²) in [6.07, 6.45) is 1.26. The lowest BCUT2D eigenvalue weighted by Gasteiger charge is -2.13. The lowest BCUT2D eigenvalue weighted by atomic mass is 10.1. The van der Waals surface area contributed by atoms with E-state index in [-0.39, 0.29) is 18.3 Å². The zero-order valence-corrected chi connectivity index (χ0v) is 15.3. The predicted molar refractivity (Wildman–Crippen MR) is 100 cm³/mol. The molecular formula is C21H25NO3. The molecule has 2 aromatic carbocycles. The molecule has 0 unspecified atom stereocenters. The monoisotopic (exact) mass is 339 g/mol. The van der Waals surface area contributed by atoms with Crippen molar-refractivity contribution in [3.05, 3.63) is 58.7 Å². The smallest absolute Gasteiger partial charge is 0.262 e. The van der Waals surface area contributed by atoms with Gasteiger partial charge in [0.05, 0.1) is 0 Å². The fourth-order valence-corrected chi connectivity index (χ4v) is 2.77. The molecule has 0 fully saturated rings. The Balaban J connectivity index is 1.89. The molecule has 4 heteroatoms. The zero-order valence-electron chi connectivity index (χ0n) is 15.3. The third-order valence-corrected chi connectivity index (χ3v) is 4.00. The molecule has 0 heterocycles. The first-order valence-electron chi connectivity index (χ1n) is 8.44. The van der Waals surface area contributed by atoms with Crippen LogP contribution in [0.1, 0.15) is 35.6 Å². The highest BCUT2D eigenvalue weighted by Crippen LogP contribution is 2.22. The molecule has 0 radical (unpaired) electrons. The summed E-state index contributed by atoms with van der Waals surface area (Å²) in [6.45, 7) is 7.55. The molecule has 2 rings (SSSR count). The standard InChI is InChI=1S/C21H25NO3/c1-14-11-15(2)21(16(3)12-14)22-20(24)13-25-19-9-7-18(8-10-19)6-5-17(4)23/h7-12H,5-6,13H2,1-4H3,(H,22,24). The van der Waals surface area contributed by atoms with Crippen LogP contribution in [0, 0.1) is 20.8 Å². The minimum Gasteiger partial charge on any atom is -0.484 e. The number of rotatable bonds is 7. The van der Waals surface area contributed by atoms with Gasteiger partial charge in [0.1, 0.15) is 11.5 Å². The van der Waals surface area contributed by atoms with E-state index in [9.17, 15) is 9.59 Å². The third-order valence-electron chi connectivity index (χ3n) is 4.00. The van der Waals surface area contributed by atoms with Crippen molar-refractivity contribution in [3.63, 3.8) is 0 Å². The second-order valence-corrected chi connectivity index (χ2v) is 6.46. The molecule has 0 aliphatic heterocycles. The lowest BCUT2D eigenvalue weighted by Crippen LogP contribution is -2.21. The van der Waals surface area contributed by atoms with Gasteiger partial charge >= 0.3 is 0 Å². The molecule has 0 saturated carbocycles. The van der Waals surface area contributed by atoms with Gasteiger partial charge in [0.25, 0.3) is 5.91 Å². The number of hydrogen-bond donors (Lipinski definition) is 1. The molecule has 1 amide bonds. The van der Waals surface area contributed by atoms with Gasteiger partial charge in [-0.1, -0.05) is 29.8 Å². The summed E-state index contributed by atoms with van der Waals surface area (Å²) in [5, 5.41) is 2.92. The summed E-state index contributed by atoms with van der Waals surface area (Å²) in [7, 11) is 0. The van der Waals surface area contributed by atoms with Gasteiger partial charge < -0.3 is 14.8 Å². The third kappa shape index (κ3) is 5.75. The average Bonchev–Trinajstić information content (AvgIpc) is 2.55. The van der Waals surface area contributed by atoms with Crippen LogP contribution in [-0.2, 0) is 16.0 Å². The van der Waals surface area contributed by atoms with Crippen LogP contribution in [0.25, 0.3) is 0 Å². The highest BCUT2D eigenvalue weighted by Gasteiger charge is 2.09. The highest BCUT2D eigenvalue weighted by molar-refractivity contribution is 5.93. The molecule has 0 aromatic heterocycles. The highest BCUT2D eigenvalue weighted by atomic mass is 16.5. The van der Waals surface area contributed by atoms with Gasteiger partial charge in [-0.3, -0.25) is 4.79 Å². The number of Topliss-reactive ketones (excluding diaryl/α,β-unsaturated/α-hetero) is 1. The van der Waals surface area contributed by atoms with Crippen molar-refractivity contribution in [1.29, 1.82) is 0 Å². The summed E-state index contributed by atoms with van der Waals surface area (Å²) < 4.78 is 5.55. The first-order valence-corrected chi connectivity index (χ1v) is 8.44. The molecule has 0 saturated heterocycles. The van der Waals surface area contributed by atoms with E-state index in [4.69, 9.17) is 4.74 Å². The maximum atomic E-state index is 12.1. The number of benzene rings is 2. The van der Waals surface area contributed by atoms with Crippen molar-refractivity contribution in [2.24, 2.45) is 0 Å². The van der Waals surface area contributed by atoms with Crippen molar-refractivity contribution in [3.8, 4) is 5.75 Å². The number of carbonyl (C=O) groups excluding carboxylic acids is 2. The molecule has 25 heavy (non-hydrogen) atoms. The predicted octanol–water partition coefficient (Wildman–Crippen LogP) is 4.15. The number of nitrogens with one attached hydrogen (secondary N) is 1. The molecule has 1 N–H and O–H groups in total. The van der Waals surface area contributed by atoms with E-state index in [2.05, 4.69) is 5.32 Å². The Bertz CT molecular complexity index is 740. The first-order chi connectivity index (χ1) is 11.8. The molecule has 4 nitrogen and oxygen atoms in total. The Morgan fingerprint density at radius 1 is 1.00 bits per heavy atom. The second kappa shape index (κ2) is 8.47. The van der Waals surface area contributed by atoms with Crippen LogP contribution in [0.15, 0.2) is 36.4 Å². The Labute approximate surface area is 149 Å². The Morgan fingerprint density at radius 2 is 1.60 bits per heavy atom. The Kier molecular flexibility index (Phi) is 6.34. The SMILES string of the molecule is CC(=O)CCc1ccc(OCC(=O)Nc2c(C)cc(C)cc2C)cc1. The van der Waals surface area contributed by atoms with Crippen LogP contribution >= 0.6 is 0 Å². The topological polar surface area (TPSA) is 55.4 Å². The van der Waals surface area contributed by atoms with E-state index < -0.39 is 0 Å². The van der Waals surface area contributed by atoms with E-state index in [0.717, 1.165) is 28.8 Å². The molecule has 2 aromatic rings. The van der Waals surface area contributed by atoms with Gasteiger partial charge in [-0.25, -0.2) is 0 Å². The molecule has 0 atom stereocenters. The first kappa shape index (κ1) is 18.7. The van der Waals surface area contributed by atoms with Crippen molar-refractivity contribution in [2.75, 3.05) is 11.9 Å². The second-order valence-electron chi connectivity index (χ2n) is 6.46. The maximum absolute atomic E-state index is 12.1. The molecule has 0 aliphatic carbocycles. The number of aryl methyl sites for hydroxylation is 4. The van der Waals surface area contributed by atoms with Gasteiger partial charge in [0.15, 0.2) is 6.61 Å². The van der Waals surface area contributed by atoms with Crippen LogP contribution in [0.4, 0.5) is 5.69 Å². The quantitative estimate of drug-likeness (QED) is 0.824. The number of ether oxygens (including phenoxy) is 1.